The van der Waals surface area contributed by atoms with Crippen LogP contribution in [0, 0.1) is 0 Å². The highest BCUT2D eigenvalue weighted by Gasteiger charge is 2.27. The molecule has 0 spiro atoms. The topological polar surface area (TPSA) is 17.8 Å². The minimum Gasteiger partial charge on any atom is -0.310 e. The van der Waals surface area contributed by atoms with Crippen LogP contribution in [0.4, 0.5) is 0 Å². The number of imidazole rings is 1. The average molecular weight is 287 g/mol. The normalized spacial score (nSPS) is 17.8. The maximum absolute atomic E-state index is 5.97. The molecule has 1 aromatic heterocycles. The number of hydrogen-bond acceptors (Lipinski definition) is 2. The van der Waals surface area contributed by atoms with Crippen molar-refractivity contribution >= 4 is 34.4 Å². The molecule has 4 heteroatoms. The van der Waals surface area contributed by atoms with Gasteiger partial charge in [0.05, 0.1) is 16.8 Å². The first kappa shape index (κ1) is 11.4. The van der Waals surface area contributed by atoms with Crippen LogP contribution < -0.4 is 0 Å². The van der Waals surface area contributed by atoms with E-state index in [2.05, 4.69) is 34.9 Å². The summed E-state index contributed by atoms with van der Waals surface area (Å²) in [6.07, 6.45) is 0. The van der Waals surface area contributed by atoms with Crippen molar-refractivity contribution in [3.8, 4) is 0 Å². The number of hydrogen-bond donors (Lipinski definition) is 0. The van der Waals surface area contributed by atoms with E-state index < -0.39 is 0 Å². The quantitative estimate of drug-likeness (QED) is 0.656. The van der Waals surface area contributed by atoms with Crippen LogP contribution in [0.3, 0.4) is 0 Å². The number of fused-ring (bicyclic) bond motifs is 3. The lowest BCUT2D eigenvalue weighted by Crippen LogP contribution is -2.02. The van der Waals surface area contributed by atoms with Crippen LogP contribution in [0.5, 0.6) is 0 Å². The zero-order chi connectivity index (χ0) is 12.8. The van der Waals surface area contributed by atoms with E-state index in [9.17, 15) is 0 Å². The monoisotopic (exact) mass is 286 g/mol. The highest BCUT2D eigenvalue weighted by molar-refractivity contribution is 7.99. The number of halogens is 1. The number of thioether (sulfide) groups is 1. The van der Waals surface area contributed by atoms with Crippen LogP contribution in [-0.4, -0.2) is 9.55 Å². The first-order chi connectivity index (χ1) is 9.33. The highest BCUT2D eigenvalue weighted by atomic mass is 35.5. The molecule has 0 amide bonds. The van der Waals surface area contributed by atoms with Gasteiger partial charge in [0, 0.05) is 5.02 Å². The smallest absolute Gasteiger partial charge is 0.121 e. The molecule has 0 bridgehead atoms. The maximum Gasteiger partial charge on any atom is 0.121 e. The van der Waals surface area contributed by atoms with Crippen molar-refractivity contribution in [2.24, 2.45) is 0 Å². The molecule has 2 nitrogen and oxygen atoms in total. The Morgan fingerprint density at radius 2 is 1.89 bits per heavy atom. The van der Waals surface area contributed by atoms with Gasteiger partial charge in [0.1, 0.15) is 11.2 Å². The third-order valence-corrected chi connectivity index (χ3v) is 4.90. The van der Waals surface area contributed by atoms with Crippen molar-refractivity contribution in [3.63, 3.8) is 0 Å². The number of nitrogens with zero attached hydrogens (tertiary/aromatic N) is 2. The molecule has 0 N–H and O–H groups in total. The second-order valence-electron chi connectivity index (χ2n) is 4.60. The number of rotatable bonds is 1. The molecule has 0 radical (unpaired) electrons. The van der Waals surface area contributed by atoms with Gasteiger partial charge in [0.15, 0.2) is 0 Å². The van der Waals surface area contributed by atoms with Gasteiger partial charge >= 0.3 is 0 Å². The highest BCUT2D eigenvalue weighted by Crippen LogP contribution is 2.42. The van der Waals surface area contributed by atoms with Crippen molar-refractivity contribution in [1.82, 2.24) is 9.55 Å². The van der Waals surface area contributed by atoms with Crippen molar-refractivity contribution in [2.75, 3.05) is 0 Å². The van der Waals surface area contributed by atoms with E-state index in [1.54, 1.807) is 0 Å². The lowest BCUT2D eigenvalue weighted by Gasteiger charge is -2.14. The van der Waals surface area contributed by atoms with Gasteiger partial charge < -0.3 is 4.57 Å². The summed E-state index contributed by atoms with van der Waals surface area (Å²) in [4.78, 5) is 4.70. The third-order valence-electron chi connectivity index (χ3n) is 3.43. The van der Waals surface area contributed by atoms with Crippen molar-refractivity contribution in [2.45, 2.75) is 11.1 Å². The summed E-state index contributed by atoms with van der Waals surface area (Å²) < 4.78 is 2.34. The minimum absolute atomic E-state index is 0.305. The second-order valence-corrected chi connectivity index (χ2v) is 6.11. The molecule has 4 rings (SSSR count). The molecule has 19 heavy (non-hydrogen) atoms. The van der Waals surface area contributed by atoms with E-state index in [1.165, 1.54) is 11.1 Å². The molecule has 3 aromatic rings. The lowest BCUT2D eigenvalue weighted by molar-refractivity contribution is 0.794. The summed E-state index contributed by atoms with van der Waals surface area (Å²) in [6.45, 7) is 0. The Kier molecular flexibility index (Phi) is 2.57. The van der Waals surface area contributed by atoms with Crippen LogP contribution in [0.2, 0.25) is 5.02 Å². The summed E-state index contributed by atoms with van der Waals surface area (Å²) in [7, 11) is 0. The Bertz CT molecular complexity index is 748. The summed E-state index contributed by atoms with van der Waals surface area (Å²) >= 11 is 7.88. The SMILES string of the molecule is Clc1ccc([C@H]2SCc3nc4ccccc4n32)cc1. The molecule has 2 heterocycles. The van der Waals surface area contributed by atoms with E-state index >= 15 is 0 Å². The molecule has 2 aromatic carbocycles. The van der Waals surface area contributed by atoms with Gasteiger partial charge in [-0.05, 0) is 29.8 Å². The van der Waals surface area contributed by atoms with Gasteiger partial charge in [-0.2, -0.15) is 0 Å². The zero-order valence-corrected chi connectivity index (χ0v) is 11.7. The van der Waals surface area contributed by atoms with Crippen molar-refractivity contribution in [1.29, 1.82) is 0 Å². The zero-order valence-electron chi connectivity index (χ0n) is 10.1. The molecule has 0 fully saturated rings. The van der Waals surface area contributed by atoms with Crippen LogP contribution in [0.15, 0.2) is 48.5 Å². The summed E-state index contributed by atoms with van der Waals surface area (Å²) in [5.41, 5.74) is 3.57. The van der Waals surface area contributed by atoms with Crippen LogP contribution >= 0.6 is 23.4 Å². The average Bonchev–Trinajstić information content (AvgIpc) is 2.98. The maximum atomic E-state index is 5.97. The summed E-state index contributed by atoms with van der Waals surface area (Å²) in [5.74, 6) is 2.12. The molecular weight excluding hydrogens is 276 g/mol. The third kappa shape index (κ3) is 1.77. The van der Waals surface area contributed by atoms with Gasteiger partial charge in [-0.25, -0.2) is 4.98 Å². The molecule has 94 valence electrons. The van der Waals surface area contributed by atoms with Gasteiger partial charge in [-0.3, -0.25) is 0 Å². The van der Waals surface area contributed by atoms with Crippen molar-refractivity contribution < 1.29 is 0 Å². The lowest BCUT2D eigenvalue weighted by atomic mass is 10.2. The Hall–Kier alpha value is -1.45. The standard InChI is InChI=1S/C15H11ClN2S/c16-11-7-5-10(6-8-11)15-18-13-4-2-1-3-12(13)17-14(18)9-19-15/h1-8,15H,9H2/t15-/m1/s1. The van der Waals surface area contributed by atoms with Gasteiger partial charge in [-0.1, -0.05) is 35.9 Å². The summed E-state index contributed by atoms with van der Waals surface area (Å²) in [6, 6.07) is 16.4. The largest absolute Gasteiger partial charge is 0.310 e. The molecule has 1 aliphatic rings. The van der Waals surface area contributed by atoms with Gasteiger partial charge in [0.2, 0.25) is 0 Å². The Morgan fingerprint density at radius 3 is 2.74 bits per heavy atom. The minimum atomic E-state index is 0.305. The van der Waals surface area contributed by atoms with E-state index in [0.717, 1.165) is 22.1 Å². The first-order valence-electron chi connectivity index (χ1n) is 6.16. The van der Waals surface area contributed by atoms with Crippen LogP contribution in [0.1, 0.15) is 16.8 Å². The molecular formula is C15H11ClN2S. The molecule has 0 saturated carbocycles. The molecule has 0 aliphatic carbocycles. The number of benzene rings is 2. The Labute approximate surface area is 120 Å². The fourth-order valence-electron chi connectivity index (χ4n) is 2.56. The Balaban J connectivity index is 1.89. The fourth-order valence-corrected chi connectivity index (χ4v) is 3.93. The number of para-hydroxylation sites is 2. The molecule has 0 saturated heterocycles. The van der Waals surface area contributed by atoms with Gasteiger partial charge in [0.25, 0.3) is 0 Å². The van der Waals surface area contributed by atoms with E-state index in [1.807, 2.05) is 30.0 Å². The predicted molar refractivity (Wildman–Crippen MR) is 80.6 cm³/mol. The summed E-state index contributed by atoms with van der Waals surface area (Å²) in [5, 5.41) is 1.09. The molecule has 1 aliphatic heterocycles. The molecule has 0 unspecified atom stereocenters. The van der Waals surface area contributed by atoms with Crippen LogP contribution in [-0.2, 0) is 5.75 Å². The van der Waals surface area contributed by atoms with E-state index in [0.29, 0.717) is 5.37 Å². The molecule has 1 atom stereocenters. The Morgan fingerprint density at radius 1 is 1.11 bits per heavy atom. The fraction of sp³-hybridized carbons (Fsp3) is 0.133. The van der Waals surface area contributed by atoms with Crippen molar-refractivity contribution in [3.05, 3.63) is 64.9 Å². The second kappa shape index (κ2) is 4.29. The number of aromatic nitrogens is 2. The predicted octanol–water partition coefficient (Wildman–Crippen LogP) is 4.48. The van der Waals surface area contributed by atoms with Crippen LogP contribution in [0.25, 0.3) is 11.0 Å². The van der Waals surface area contributed by atoms with Gasteiger partial charge in [-0.15, -0.1) is 11.8 Å². The first-order valence-corrected chi connectivity index (χ1v) is 7.58. The van der Waals surface area contributed by atoms with E-state index in [4.69, 9.17) is 16.6 Å². The van der Waals surface area contributed by atoms with E-state index in [-0.39, 0.29) is 0 Å².